The van der Waals surface area contributed by atoms with E-state index in [0.29, 0.717) is 17.3 Å². The van der Waals surface area contributed by atoms with Gasteiger partial charge in [0.2, 0.25) is 5.88 Å². The zero-order valence-corrected chi connectivity index (χ0v) is 8.54. The molecule has 0 bridgehead atoms. The van der Waals surface area contributed by atoms with Crippen LogP contribution in [0.15, 0.2) is 12.1 Å². The molecular weight excluding hydrogens is 204 g/mol. The molecule has 5 heteroatoms. The zero-order valence-electron chi connectivity index (χ0n) is 7.79. The molecule has 2 N–H and O–H groups in total. The number of hydrogen-bond donors (Lipinski definition) is 1. The molecule has 0 atom stereocenters. The number of Topliss-reactive ketones (excluding diaryl/α,β-unsaturated/α-hetero) is 1. The number of ketones is 1. The lowest BCUT2D eigenvalue weighted by Crippen LogP contribution is -2.10. The first-order valence-electron chi connectivity index (χ1n) is 4.13. The second kappa shape index (κ2) is 4.93. The molecule has 1 heterocycles. The molecule has 1 aromatic rings. The summed E-state index contributed by atoms with van der Waals surface area (Å²) in [6.07, 6.45) is 0.277. The Bertz CT molecular complexity index is 342. The zero-order chi connectivity index (χ0) is 10.6. The van der Waals surface area contributed by atoms with Gasteiger partial charge in [-0.25, -0.2) is 4.98 Å². The number of rotatable bonds is 4. The van der Waals surface area contributed by atoms with E-state index >= 15 is 0 Å². The lowest BCUT2D eigenvalue weighted by Gasteiger charge is -2.05. The summed E-state index contributed by atoms with van der Waals surface area (Å²) in [4.78, 5) is 15.4. The van der Waals surface area contributed by atoms with E-state index in [1.54, 1.807) is 12.1 Å². The fraction of sp³-hybridized carbons (Fsp3) is 0.333. The molecule has 0 fully saturated rings. The minimum absolute atomic E-state index is 0.0893. The van der Waals surface area contributed by atoms with Gasteiger partial charge in [-0.2, -0.15) is 0 Å². The van der Waals surface area contributed by atoms with Gasteiger partial charge < -0.3 is 10.5 Å². The van der Waals surface area contributed by atoms with Crippen LogP contribution in [0.3, 0.4) is 0 Å². The van der Waals surface area contributed by atoms with Crippen molar-refractivity contribution in [2.24, 2.45) is 5.73 Å². The fourth-order valence-electron chi connectivity index (χ4n) is 1.05. The van der Waals surface area contributed by atoms with Crippen molar-refractivity contribution < 1.29 is 9.53 Å². The van der Waals surface area contributed by atoms with E-state index in [1.165, 1.54) is 7.11 Å². The van der Waals surface area contributed by atoms with Crippen LogP contribution in [0.1, 0.15) is 16.8 Å². The van der Waals surface area contributed by atoms with Crippen LogP contribution in [0.4, 0.5) is 0 Å². The van der Waals surface area contributed by atoms with Crippen LogP contribution in [-0.2, 0) is 0 Å². The van der Waals surface area contributed by atoms with Gasteiger partial charge in [0.05, 0.1) is 12.7 Å². The van der Waals surface area contributed by atoms with Crippen molar-refractivity contribution in [2.45, 2.75) is 6.42 Å². The molecule has 76 valence electrons. The fourth-order valence-corrected chi connectivity index (χ4v) is 1.19. The summed E-state index contributed by atoms with van der Waals surface area (Å²) in [6, 6.07) is 3.14. The topological polar surface area (TPSA) is 65.2 Å². The Morgan fingerprint density at radius 3 is 2.93 bits per heavy atom. The third-order valence-electron chi connectivity index (χ3n) is 1.69. The highest BCUT2D eigenvalue weighted by molar-refractivity contribution is 6.29. The number of methoxy groups -OCH3 is 1. The Balaban J connectivity index is 3.01. The van der Waals surface area contributed by atoms with Gasteiger partial charge in [-0.1, -0.05) is 11.6 Å². The number of aromatic nitrogens is 1. The highest BCUT2D eigenvalue weighted by Gasteiger charge is 2.12. The maximum absolute atomic E-state index is 11.5. The maximum Gasteiger partial charge on any atom is 0.225 e. The van der Waals surface area contributed by atoms with E-state index in [9.17, 15) is 4.79 Å². The smallest absolute Gasteiger partial charge is 0.225 e. The van der Waals surface area contributed by atoms with Crippen molar-refractivity contribution >= 4 is 17.4 Å². The molecule has 0 amide bonds. The van der Waals surface area contributed by atoms with Crippen molar-refractivity contribution in [1.82, 2.24) is 4.98 Å². The predicted octanol–water partition coefficient (Wildman–Crippen LogP) is 1.28. The predicted molar refractivity (Wildman–Crippen MR) is 53.8 cm³/mol. The lowest BCUT2D eigenvalue weighted by atomic mass is 10.1. The SMILES string of the molecule is COc1nc(Cl)ccc1C(=O)CCN. The van der Waals surface area contributed by atoms with Gasteiger partial charge in [0.25, 0.3) is 0 Å². The normalized spacial score (nSPS) is 9.93. The molecular formula is C9H11ClN2O2. The second-order valence-corrected chi connectivity index (χ2v) is 3.04. The Morgan fingerprint density at radius 2 is 2.36 bits per heavy atom. The van der Waals surface area contributed by atoms with Gasteiger partial charge in [0.15, 0.2) is 5.78 Å². The quantitative estimate of drug-likeness (QED) is 0.606. The van der Waals surface area contributed by atoms with E-state index in [0.717, 1.165) is 0 Å². The van der Waals surface area contributed by atoms with Crippen LogP contribution >= 0.6 is 11.6 Å². The standard InChI is InChI=1S/C9H11ClN2O2/c1-14-9-6(7(13)4-5-11)2-3-8(10)12-9/h2-3H,4-5,11H2,1H3. The third kappa shape index (κ3) is 2.43. The number of carbonyl (C=O) groups is 1. The molecule has 0 aromatic carbocycles. The molecule has 1 aromatic heterocycles. The number of pyridine rings is 1. The van der Waals surface area contributed by atoms with E-state index < -0.39 is 0 Å². The number of halogens is 1. The van der Waals surface area contributed by atoms with E-state index in [2.05, 4.69) is 4.98 Å². The number of nitrogens with zero attached hydrogens (tertiary/aromatic N) is 1. The summed E-state index contributed by atoms with van der Waals surface area (Å²) >= 11 is 5.65. The summed E-state index contributed by atoms with van der Waals surface area (Å²) in [6.45, 7) is 0.310. The first-order chi connectivity index (χ1) is 6.69. The minimum Gasteiger partial charge on any atom is -0.480 e. The average Bonchev–Trinajstić information content (AvgIpc) is 2.17. The average molecular weight is 215 g/mol. The van der Waals surface area contributed by atoms with Gasteiger partial charge in [0.1, 0.15) is 5.15 Å². The first kappa shape index (κ1) is 10.9. The molecule has 4 nitrogen and oxygen atoms in total. The van der Waals surface area contributed by atoms with Crippen LogP contribution < -0.4 is 10.5 Å². The second-order valence-electron chi connectivity index (χ2n) is 2.65. The van der Waals surface area contributed by atoms with Crippen LogP contribution in [0.25, 0.3) is 0 Å². The number of nitrogens with two attached hydrogens (primary N) is 1. The number of ether oxygens (including phenoxy) is 1. The van der Waals surface area contributed by atoms with Crippen molar-refractivity contribution in [3.05, 3.63) is 22.8 Å². The molecule has 0 aliphatic rings. The molecule has 0 saturated heterocycles. The van der Waals surface area contributed by atoms with Crippen molar-refractivity contribution in [1.29, 1.82) is 0 Å². The Kier molecular flexibility index (Phi) is 3.85. The van der Waals surface area contributed by atoms with Crippen LogP contribution in [0.2, 0.25) is 5.15 Å². The summed E-state index contributed by atoms with van der Waals surface area (Å²) in [7, 11) is 1.44. The molecule has 0 spiro atoms. The summed E-state index contributed by atoms with van der Waals surface area (Å²) in [5.74, 6) is 0.157. The van der Waals surface area contributed by atoms with Gasteiger partial charge in [-0.05, 0) is 18.7 Å². The molecule has 0 unspecified atom stereocenters. The molecule has 1 rings (SSSR count). The van der Waals surface area contributed by atoms with E-state index in [4.69, 9.17) is 22.1 Å². The third-order valence-corrected chi connectivity index (χ3v) is 1.90. The van der Waals surface area contributed by atoms with Crippen LogP contribution in [0, 0.1) is 0 Å². The Morgan fingerprint density at radius 1 is 1.64 bits per heavy atom. The monoisotopic (exact) mass is 214 g/mol. The lowest BCUT2D eigenvalue weighted by molar-refractivity contribution is 0.0982. The van der Waals surface area contributed by atoms with Crippen molar-refractivity contribution in [3.8, 4) is 5.88 Å². The molecule has 0 aliphatic heterocycles. The van der Waals surface area contributed by atoms with Crippen LogP contribution in [0.5, 0.6) is 5.88 Å². The van der Waals surface area contributed by atoms with E-state index in [-0.39, 0.29) is 18.1 Å². The number of hydrogen-bond acceptors (Lipinski definition) is 4. The van der Waals surface area contributed by atoms with E-state index in [1.807, 2.05) is 0 Å². The molecule has 14 heavy (non-hydrogen) atoms. The molecule has 0 saturated carbocycles. The minimum atomic E-state index is -0.0893. The molecule has 0 aliphatic carbocycles. The van der Waals surface area contributed by atoms with Crippen molar-refractivity contribution in [3.63, 3.8) is 0 Å². The summed E-state index contributed by atoms with van der Waals surface area (Å²) in [5, 5.41) is 0.297. The maximum atomic E-state index is 11.5. The first-order valence-corrected chi connectivity index (χ1v) is 4.50. The van der Waals surface area contributed by atoms with Crippen LogP contribution in [-0.4, -0.2) is 24.4 Å². The van der Waals surface area contributed by atoms with Gasteiger partial charge in [0, 0.05) is 6.42 Å². The van der Waals surface area contributed by atoms with Gasteiger partial charge in [-0.3, -0.25) is 4.79 Å². The highest BCUT2D eigenvalue weighted by Crippen LogP contribution is 2.19. The van der Waals surface area contributed by atoms with Gasteiger partial charge in [-0.15, -0.1) is 0 Å². The molecule has 0 radical (unpaired) electrons. The Labute approximate surface area is 87.0 Å². The summed E-state index contributed by atoms with van der Waals surface area (Å²) in [5.41, 5.74) is 5.70. The Hall–Kier alpha value is -1.13. The summed E-state index contributed by atoms with van der Waals surface area (Å²) < 4.78 is 4.94. The van der Waals surface area contributed by atoms with Gasteiger partial charge >= 0.3 is 0 Å². The number of carbonyl (C=O) groups excluding carboxylic acids is 1. The largest absolute Gasteiger partial charge is 0.480 e. The highest BCUT2D eigenvalue weighted by atomic mass is 35.5. The van der Waals surface area contributed by atoms with Crippen molar-refractivity contribution in [2.75, 3.05) is 13.7 Å².